The first-order valence-corrected chi connectivity index (χ1v) is 7.20. The molecule has 0 saturated carbocycles. The summed E-state index contributed by atoms with van der Waals surface area (Å²) >= 11 is 0. The topological polar surface area (TPSA) is 70.1 Å². The van der Waals surface area contributed by atoms with E-state index in [0.29, 0.717) is 18.9 Å². The van der Waals surface area contributed by atoms with Crippen LogP contribution in [-0.2, 0) is 0 Å². The molecule has 0 fully saturated rings. The number of aliphatic hydroxyl groups is 1. The van der Waals surface area contributed by atoms with Gasteiger partial charge in [0.05, 0.1) is 5.52 Å². The minimum Gasteiger partial charge on any atom is -0.396 e. The minimum absolute atomic E-state index is 0.178. The van der Waals surface area contributed by atoms with Crippen LogP contribution < -0.4 is 10.6 Å². The van der Waals surface area contributed by atoms with E-state index in [2.05, 4.69) is 27.5 Å². The van der Waals surface area contributed by atoms with Gasteiger partial charge in [0.25, 0.3) is 0 Å². The number of rotatable bonds is 8. The van der Waals surface area contributed by atoms with Crippen LogP contribution in [0.5, 0.6) is 0 Å². The molecule has 0 aliphatic rings. The van der Waals surface area contributed by atoms with E-state index in [0.717, 1.165) is 36.1 Å². The van der Waals surface area contributed by atoms with E-state index in [9.17, 15) is 0 Å². The summed E-state index contributed by atoms with van der Waals surface area (Å²) in [5, 5.41) is 16.4. The summed E-state index contributed by atoms with van der Waals surface area (Å²) in [6.45, 7) is 3.92. The fourth-order valence-electron chi connectivity index (χ4n) is 1.95. The SMILES string of the molecule is CCCCNc1nc(NCCCO)c2ccccc2n1. The van der Waals surface area contributed by atoms with Crippen molar-refractivity contribution in [2.24, 2.45) is 0 Å². The van der Waals surface area contributed by atoms with Crippen LogP contribution in [-0.4, -0.2) is 34.8 Å². The van der Waals surface area contributed by atoms with E-state index in [1.165, 1.54) is 0 Å². The van der Waals surface area contributed by atoms with Crippen molar-refractivity contribution in [2.75, 3.05) is 30.3 Å². The molecular weight excluding hydrogens is 252 g/mol. The zero-order valence-corrected chi connectivity index (χ0v) is 11.9. The van der Waals surface area contributed by atoms with Crippen molar-refractivity contribution in [1.82, 2.24) is 9.97 Å². The molecule has 0 radical (unpaired) electrons. The Morgan fingerprint density at radius 3 is 2.65 bits per heavy atom. The summed E-state index contributed by atoms with van der Waals surface area (Å²) in [6, 6.07) is 7.95. The third-order valence-electron chi connectivity index (χ3n) is 3.04. The number of benzene rings is 1. The number of hydrogen-bond acceptors (Lipinski definition) is 5. The highest BCUT2D eigenvalue weighted by Crippen LogP contribution is 2.21. The van der Waals surface area contributed by atoms with Crippen LogP contribution in [0.4, 0.5) is 11.8 Å². The number of anilines is 2. The molecule has 0 aliphatic heterocycles. The molecule has 0 saturated heterocycles. The van der Waals surface area contributed by atoms with Crippen LogP contribution in [0.15, 0.2) is 24.3 Å². The van der Waals surface area contributed by atoms with E-state index in [1.54, 1.807) is 0 Å². The van der Waals surface area contributed by atoms with Gasteiger partial charge in [-0.05, 0) is 25.0 Å². The van der Waals surface area contributed by atoms with Gasteiger partial charge in [0.1, 0.15) is 5.82 Å². The first-order chi connectivity index (χ1) is 9.85. The Bertz CT molecular complexity index is 544. The van der Waals surface area contributed by atoms with Crippen molar-refractivity contribution in [1.29, 1.82) is 0 Å². The molecule has 1 heterocycles. The third kappa shape index (κ3) is 3.81. The van der Waals surface area contributed by atoms with Crippen LogP contribution in [0.3, 0.4) is 0 Å². The number of aliphatic hydroxyl groups excluding tert-OH is 1. The zero-order valence-electron chi connectivity index (χ0n) is 11.9. The van der Waals surface area contributed by atoms with E-state index in [1.807, 2.05) is 24.3 Å². The van der Waals surface area contributed by atoms with Gasteiger partial charge in [-0.2, -0.15) is 4.98 Å². The smallest absolute Gasteiger partial charge is 0.225 e. The van der Waals surface area contributed by atoms with Gasteiger partial charge in [-0.3, -0.25) is 0 Å². The number of hydrogen-bond donors (Lipinski definition) is 3. The van der Waals surface area contributed by atoms with Gasteiger partial charge >= 0.3 is 0 Å². The molecule has 0 spiro atoms. The fraction of sp³-hybridized carbons (Fsp3) is 0.467. The molecule has 0 amide bonds. The van der Waals surface area contributed by atoms with E-state index >= 15 is 0 Å². The molecule has 20 heavy (non-hydrogen) atoms. The molecule has 5 nitrogen and oxygen atoms in total. The first-order valence-electron chi connectivity index (χ1n) is 7.20. The zero-order chi connectivity index (χ0) is 14.2. The predicted molar refractivity (Wildman–Crippen MR) is 83.1 cm³/mol. The highest BCUT2D eigenvalue weighted by atomic mass is 16.3. The van der Waals surface area contributed by atoms with E-state index in [4.69, 9.17) is 5.11 Å². The van der Waals surface area contributed by atoms with Crippen LogP contribution in [0.2, 0.25) is 0 Å². The number of aromatic nitrogens is 2. The average molecular weight is 274 g/mol. The van der Waals surface area contributed by atoms with Gasteiger partial charge < -0.3 is 15.7 Å². The van der Waals surface area contributed by atoms with Gasteiger partial charge in [0, 0.05) is 25.1 Å². The summed E-state index contributed by atoms with van der Waals surface area (Å²) in [4.78, 5) is 9.05. The number of unbranched alkanes of at least 4 members (excludes halogenated alkanes) is 1. The summed E-state index contributed by atoms with van der Waals surface area (Å²) in [7, 11) is 0. The second kappa shape index (κ2) is 7.65. The van der Waals surface area contributed by atoms with E-state index in [-0.39, 0.29) is 6.61 Å². The average Bonchev–Trinajstić information content (AvgIpc) is 2.48. The molecule has 2 aromatic rings. The van der Waals surface area contributed by atoms with Gasteiger partial charge in [0.2, 0.25) is 5.95 Å². The normalized spacial score (nSPS) is 10.7. The Labute approximate surface area is 119 Å². The minimum atomic E-state index is 0.178. The third-order valence-corrected chi connectivity index (χ3v) is 3.04. The maximum Gasteiger partial charge on any atom is 0.225 e. The van der Waals surface area contributed by atoms with Gasteiger partial charge in [-0.25, -0.2) is 4.98 Å². The standard InChI is InChI=1S/C15H22N4O/c1-2-3-9-17-15-18-13-8-5-4-7-12(13)14(19-15)16-10-6-11-20/h4-5,7-8,20H,2-3,6,9-11H2,1H3,(H2,16,17,18,19). The van der Waals surface area contributed by atoms with Crippen LogP contribution in [0.25, 0.3) is 10.9 Å². The summed E-state index contributed by atoms with van der Waals surface area (Å²) in [6.07, 6.45) is 2.95. The van der Waals surface area contributed by atoms with Crippen molar-refractivity contribution < 1.29 is 5.11 Å². The first kappa shape index (κ1) is 14.5. The van der Waals surface area contributed by atoms with Gasteiger partial charge in [-0.1, -0.05) is 25.5 Å². The van der Waals surface area contributed by atoms with Gasteiger partial charge in [0.15, 0.2) is 0 Å². The monoisotopic (exact) mass is 274 g/mol. The Balaban J connectivity index is 2.21. The lowest BCUT2D eigenvalue weighted by atomic mass is 10.2. The predicted octanol–water partition coefficient (Wildman–Crippen LogP) is 2.64. The summed E-state index contributed by atoms with van der Waals surface area (Å²) < 4.78 is 0. The number of para-hydroxylation sites is 1. The van der Waals surface area contributed by atoms with Crippen molar-refractivity contribution in [2.45, 2.75) is 26.2 Å². The maximum absolute atomic E-state index is 8.87. The molecule has 5 heteroatoms. The van der Waals surface area contributed by atoms with Crippen molar-refractivity contribution in [3.8, 4) is 0 Å². The largest absolute Gasteiger partial charge is 0.396 e. The molecule has 1 aromatic heterocycles. The van der Waals surface area contributed by atoms with E-state index < -0.39 is 0 Å². The highest BCUT2D eigenvalue weighted by Gasteiger charge is 2.06. The number of nitrogens with zero attached hydrogens (tertiary/aromatic N) is 2. The lowest BCUT2D eigenvalue weighted by Crippen LogP contribution is -2.10. The molecule has 0 bridgehead atoms. The Hall–Kier alpha value is -1.88. The highest BCUT2D eigenvalue weighted by molar-refractivity contribution is 5.89. The van der Waals surface area contributed by atoms with Gasteiger partial charge in [-0.15, -0.1) is 0 Å². The molecule has 3 N–H and O–H groups in total. The fourth-order valence-corrected chi connectivity index (χ4v) is 1.95. The van der Waals surface area contributed by atoms with Crippen molar-refractivity contribution in [3.63, 3.8) is 0 Å². The summed E-state index contributed by atoms with van der Waals surface area (Å²) in [5.41, 5.74) is 0.924. The van der Waals surface area contributed by atoms with Crippen LogP contribution in [0.1, 0.15) is 26.2 Å². The van der Waals surface area contributed by atoms with Crippen molar-refractivity contribution >= 4 is 22.7 Å². The number of fused-ring (bicyclic) bond motifs is 1. The lowest BCUT2D eigenvalue weighted by molar-refractivity contribution is 0.292. The molecule has 0 atom stereocenters. The molecular formula is C15H22N4O. The molecule has 1 aromatic carbocycles. The molecule has 2 rings (SSSR count). The van der Waals surface area contributed by atoms with Crippen LogP contribution >= 0.6 is 0 Å². The second-order valence-electron chi connectivity index (χ2n) is 4.70. The van der Waals surface area contributed by atoms with Crippen LogP contribution in [0, 0.1) is 0 Å². The maximum atomic E-state index is 8.87. The summed E-state index contributed by atoms with van der Waals surface area (Å²) in [5.74, 6) is 1.48. The second-order valence-corrected chi connectivity index (χ2v) is 4.70. The Morgan fingerprint density at radius 2 is 1.85 bits per heavy atom. The Kier molecular flexibility index (Phi) is 5.55. The van der Waals surface area contributed by atoms with Crippen molar-refractivity contribution in [3.05, 3.63) is 24.3 Å². The number of nitrogens with one attached hydrogen (secondary N) is 2. The Morgan fingerprint density at radius 1 is 1.05 bits per heavy atom. The lowest BCUT2D eigenvalue weighted by Gasteiger charge is -2.11. The quantitative estimate of drug-likeness (QED) is 0.646. The molecule has 0 unspecified atom stereocenters. The molecule has 108 valence electrons. The molecule has 0 aliphatic carbocycles.